The van der Waals surface area contributed by atoms with Crippen molar-refractivity contribution in [2.75, 3.05) is 18.5 Å². The summed E-state index contributed by atoms with van der Waals surface area (Å²) in [6.07, 6.45) is 1.82. The zero-order valence-corrected chi connectivity index (χ0v) is 16.7. The van der Waals surface area contributed by atoms with E-state index >= 15 is 0 Å². The van der Waals surface area contributed by atoms with Gasteiger partial charge in [-0.3, -0.25) is 4.79 Å². The van der Waals surface area contributed by atoms with Gasteiger partial charge in [0.2, 0.25) is 0 Å². The van der Waals surface area contributed by atoms with Gasteiger partial charge in [0, 0.05) is 12.2 Å². The largest absolute Gasteiger partial charge is 0.494 e. The zero-order valence-electron chi connectivity index (χ0n) is 16.7. The summed E-state index contributed by atoms with van der Waals surface area (Å²) in [7, 11) is 0. The maximum Gasteiger partial charge on any atom is 0.257 e. The number of amides is 1. The van der Waals surface area contributed by atoms with Crippen LogP contribution in [0.25, 0.3) is 0 Å². The topological polar surface area (TPSA) is 41.6 Å². The van der Waals surface area contributed by atoms with Crippen LogP contribution in [0.15, 0.2) is 78.9 Å². The monoisotopic (exact) mass is 386 g/mol. The van der Waals surface area contributed by atoms with E-state index in [1.165, 1.54) is 5.56 Å². The van der Waals surface area contributed by atoms with E-state index in [4.69, 9.17) is 4.74 Å². The molecule has 0 saturated carbocycles. The number of hydrogen-bond acceptors (Lipinski definition) is 3. The predicted octanol–water partition coefficient (Wildman–Crippen LogP) is 5.28. The molecule has 0 fully saturated rings. The van der Waals surface area contributed by atoms with E-state index in [0.29, 0.717) is 13.2 Å². The highest BCUT2D eigenvalue weighted by atomic mass is 16.5. The van der Waals surface area contributed by atoms with E-state index in [-0.39, 0.29) is 12.1 Å². The average molecular weight is 386 g/mol. The Morgan fingerprint density at radius 2 is 1.66 bits per heavy atom. The summed E-state index contributed by atoms with van der Waals surface area (Å²) in [5, 5.41) is 3.50. The van der Waals surface area contributed by atoms with Crippen LogP contribution in [0.4, 0.5) is 5.69 Å². The molecule has 1 atom stereocenters. The van der Waals surface area contributed by atoms with E-state index in [0.717, 1.165) is 35.4 Å². The van der Waals surface area contributed by atoms with E-state index in [9.17, 15) is 4.79 Å². The van der Waals surface area contributed by atoms with Gasteiger partial charge in [-0.05, 0) is 55.2 Å². The maximum atomic E-state index is 12.9. The molecule has 0 radical (unpaired) electrons. The van der Waals surface area contributed by atoms with Gasteiger partial charge in [0.05, 0.1) is 12.2 Å². The molecule has 1 aliphatic heterocycles. The van der Waals surface area contributed by atoms with E-state index in [2.05, 4.69) is 29.6 Å². The fourth-order valence-corrected chi connectivity index (χ4v) is 3.74. The van der Waals surface area contributed by atoms with Crippen LogP contribution in [0.1, 0.15) is 41.0 Å². The molecule has 29 heavy (non-hydrogen) atoms. The van der Waals surface area contributed by atoms with Crippen molar-refractivity contribution < 1.29 is 9.53 Å². The lowest BCUT2D eigenvalue weighted by atomic mass is 10.0. The molecule has 1 N–H and O–H groups in total. The minimum absolute atomic E-state index is 0.0630. The summed E-state index contributed by atoms with van der Waals surface area (Å²) in [5.41, 5.74) is 3.99. The maximum absolute atomic E-state index is 12.9. The highest BCUT2D eigenvalue weighted by molar-refractivity contribution is 6.01. The van der Waals surface area contributed by atoms with Crippen molar-refractivity contribution in [1.29, 1.82) is 0 Å². The number of fused-ring (bicyclic) bond motifs is 1. The second-order valence-corrected chi connectivity index (χ2v) is 7.19. The summed E-state index contributed by atoms with van der Waals surface area (Å²) in [6.45, 7) is 3.33. The van der Waals surface area contributed by atoms with Gasteiger partial charge >= 0.3 is 0 Å². The van der Waals surface area contributed by atoms with Crippen LogP contribution in [0.3, 0.4) is 0 Å². The van der Waals surface area contributed by atoms with Crippen LogP contribution in [-0.2, 0) is 6.42 Å². The van der Waals surface area contributed by atoms with E-state index < -0.39 is 0 Å². The fraction of sp³-hybridized carbons (Fsp3) is 0.240. The molecule has 0 bridgehead atoms. The molecule has 4 nitrogen and oxygen atoms in total. The molecule has 0 saturated heterocycles. The molecule has 0 spiro atoms. The Labute approximate surface area is 172 Å². The van der Waals surface area contributed by atoms with Crippen molar-refractivity contribution in [3.63, 3.8) is 0 Å². The Morgan fingerprint density at radius 3 is 2.41 bits per heavy atom. The van der Waals surface area contributed by atoms with Gasteiger partial charge < -0.3 is 15.0 Å². The summed E-state index contributed by atoms with van der Waals surface area (Å²) < 4.78 is 5.90. The normalized spacial score (nSPS) is 15.6. The molecule has 1 amide bonds. The first-order valence-electron chi connectivity index (χ1n) is 10.2. The quantitative estimate of drug-likeness (QED) is 0.561. The number of para-hydroxylation sites is 1. The number of nitrogens with zero attached hydrogens (tertiary/aromatic N) is 1. The lowest BCUT2D eigenvalue weighted by molar-refractivity contribution is 0.0695. The van der Waals surface area contributed by atoms with Gasteiger partial charge in [-0.2, -0.15) is 0 Å². The molecule has 1 heterocycles. The van der Waals surface area contributed by atoms with Crippen LogP contribution in [0.2, 0.25) is 0 Å². The average Bonchev–Trinajstić information content (AvgIpc) is 2.78. The first-order chi connectivity index (χ1) is 14.3. The Hall–Kier alpha value is -3.27. The van der Waals surface area contributed by atoms with Gasteiger partial charge in [0.25, 0.3) is 5.91 Å². The van der Waals surface area contributed by atoms with Gasteiger partial charge in [-0.15, -0.1) is 0 Å². The van der Waals surface area contributed by atoms with Crippen molar-refractivity contribution in [3.05, 3.63) is 95.6 Å². The molecular formula is C25H26N2O2. The van der Waals surface area contributed by atoms with Crippen molar-refractivity contribution in [2.24, 2.45) is 0 Å². The number of carbonyl (C=O) groups is 1. The van der Waals surface area contributed by atoms with Gasteiger partial charge in [-0.1, -0.05) is 54.6 Å². The Balaban J connectivity index is 1.39. The molecule has 4 heteroatoms. The molecule has 0 aliphatic carbocycles. The van der Waals surface area contributed by atoms with Crippen LogP contribution >= 0.6 is 0 Å². The number of hydrogen-bond donors (Lipinski definition) is 1. The van der Waals surface area contributed by atoms with E-state index in [1.54, 1.807) is 0 Å². The van der Waals surface area contributed by atoms with Crippen molar-refractivity contribution >= 4 is 11.6 Å². The fourth-order valence-electron chi connectivity index (χ4n) is 3.74. The summed E-state index contributed by atoms with van der Waals surface area (Å²) in [4.78, 5) is 14.7. The second-order valence-electron chi connectivity index (χ2n) is 7.19. The molecule has 0 aromatic heterocycles. The van der Waals surface area contributed by atoms with Gasteiger partial charge in [0.15, 0.2) is 0 Å². The number of aryl methyl sites for hydroxylation is 1. The lowest BCUT2D eigenvalue weighted by Gasteiger charge is -2.37. The van der Waals surface area contributed by atoms with Crippen molar-refractivity contribution in [1.82, 2.24) is 4.90 Å². The third-order valence-electron chi connectivity index (χ3n) is 5.28. The molecule has 3 aromatic carbocycles. The molecule has 4 rings (SSSR count). The second kappa shape index (κ2) is 8.82. The highest BCUT2D eigenvalue weighted by Gasteiger charge is 2.31. The Bertz CT molecular complexity index is 954. The number of anilines is 1. The minimum Gasteiger partial charge on any atom is -0.494 e. The van der Waals surface area contributed by atoms with Crippen LogP contribution < -0.4 is 10.1 Å². The third kappa shape index (κ3) is 4.27. The molecule has 148 valence electrons. The minimum atomic E-state index is -0.172. The Morgan fingerprint density at radius 1 is 0.931 bits per heavy atom. The molecular weight excluding hydrogens is 360 g/mol. The van der Waals surface area contributed by atoms with Gasteiger partial charge in [0.1, 0.15) is 11.9 Å². The first-order valence-corrected chi connectivity index (χ1v) is 10.2. The number of benzene rings is 3. The van der Waals surface area contributed by atoms with E-state index in [1.807, 2.05) is 66.4 Å². The Kier molecular flexibility index (Phi) is 5.80. The predicted molar refractivity (Wildman–Crippen MR) is 116 cm³/mol. The highest BCUT2D eigenvalue weighted by Crippen LogP contribution is 2.33. The molecule has 1 aliphatic rings. The number of ether oxygens (including phenoxy) is 1. The van der Waals surface area contributed by atoms with Crippen molar-refractivity contribution in [3.8, 4) is 5.75 Å². The molecule has 3 aromatic rings. The number of nitrogens with one attached hydrogen (secondary N) is 1. The summed E-state index contributed by atoms with van der Waals surface area (Å²) in [5.74, 6) is 0.917. The number of carbonyl (C=O) groups excluding carboxylic acids is 1. The summed E-state index contributed by atoms with van der Waals surface area (Å²) in [6, 6.07) is 26.2. The molecule has 1 unspecified atom stereocenters. The summed E-state index contributed by atoms with van der Waals surface area (Å²) >= 11 is 0. The van der Waals surface area contributed by atoms with Crippen LogP contribution in [0.5, 0.6) is 5.75 Å². The smallest absolute Gasteiger partial charge is 0.257 e. The SMILES string of the molecule is CCN1C(=O)c2ccccc2NC1c1ccc(OCCCc2ccccc2)cc1. The van der Waals surface area contributed by atoms with Crippen LogP contribution in [-0.4, -0.2) is 24.0 Å². The third-order valence-corrected chi connectivity index (χ3v) is 5.28. The number of rotatable bonds is 7. The standard InChI is InChI=1S/C25H26N2O2/c1-2-27-24(26-23-13-7-6-12-22(23)25(27)28)20-14-16-21(17-15-20)29-18-8-11-19-9-4-3-5-10-19/h3-7,9-10,12-17,24,26H,2,8,11,18H2,1H3. The first kappa shape index (κ1) is 19.1. The van der Waals surface area contributed by atoms with Crippen LogP contribution in [0, 0.1) is 0 Å². The van der Waals surface area contributed by atoms with Crippen molar-refractivity contribution in [2.45, 2.75) is 25.9 Å². The zero-order chi connectivity index (χ0) is 20.1. The van der Waals surface area contributed by atoms with Gasteiger partial charge in [-0.25, -0.2) is 0 Å². The lowest BCUT2D eigenvalue weighted by Crippen LogP contribution is -2.42.